The number of likely N-dealkylation sites (tertiary alicyclic amines) is 1. The first-order valence-corrected chi connectivity index (χ1v) is 8.79. The van der Waals surface area contributed by atoms with Crippen molar-refractivity contribution in [2.75, 3.05) is 25.0 Å². The van der Waals surface area contributed by atoms with Crippen molar-refractivity contribution in [1.82, 2.24) is 19.9 Å². The smallest absolute Gasteiger partial charge is 0.147 e. The minimum atomic E-state index is 0.586. The van der Waals surface area contributed by atoms with Crippen molar-refractivity contribution in [3.63, 3.8) is 0 Å². The summed E-state index contributed by atoms with van der Waals surface area (Å²) in [5, 5.41) is 3.30. The van der Waals surface area contributed by atoms with Gasteiger partial charge in [0.1, 0.15) is 10.8 Å². The van der Waals surface area contributed by atoms with Crippen LogP contribution in [0.3, 0.4) is 0 Å². The summed E-state index contributed by atoms with van der Waals surface area (Å²) in [6.45, 7) is 3.40. The molecule has 1 saturated carbocycles. The number of thiazole rings is 1. The molecule has 2 aliphatic rings. The van der Waals surface area contributed by atoms with Crippen molar-refractivity contribution >= 4 is 17.2 Å². The van der Waals surface area contributed by atoms with Gasteiger partial charge in [-0.15, -0.1) is 11.3 Å². The minimum Gasteiger partial charge on any atom is -0.355 e. The third-order valence-electron chi connectivity index (χ3n) is 5.15. The van der Waals surface area contributed by atoms with Gasteiger partial charge in [0.05, 0.1) is 12.7 Å². The zero-order chi connectivity index (χ0) is 14.9. The summed E-state index contributed by atoms with van der Waals surface area (Å²) >= 11 is 1.76. The summed E-state index contributed by atoms with van der Waals surface area (Å²) < 4.78 is 0. The lowest BCUT2D eigenvalue weighted by Gasteiger charge is -2.30. The molecule has 2 fully saturated rings. The summed E-state index contributed by atoms with van der Waals surface area (Å²) in [7, 11) is 2.17. The van der Waals surface area contributed by atoms with E-state index in [1.165, 1.54) is 30.9 Å². The maximum Gasteiger partial charge on any atom is 0.147 e. The highest BCUT2D eigenvalue weighted by molar-refractivity contribution is 7.09. The van der Waals surface area contributed by atoms with Gasteiger partial charge in [-0.2, -0.15) is 0 Å². The van der Waals surface area contributed by atoms with E-state index in [4.69, 9.17) is 0 Å². The second-order valence-electron chi connectivity index (χ2n) is 6.36. The normalized spacial score (nSPS) is 28.0. The Morgan fingerprint density at radius 3 is 2.95 bits per heavy atom. The highest BCUT2D eigenvalue weighted by Gasteiger charge is 2.44. The molecule has 0 N–H and O–H groups in total. The van der Waals surface area contributed by atoms with E-state index in [9.17, 15) is 0 Å². The van der Waals surface area contributed by atoms with Gasteiger partial charge in [-0.25, -0.2) is 9.97 Å². The molecule has 22 heavy (non-hydrogen) atoms. The second-order valence-corrected chi connectivity index (χ2v) is 7.34. The molecule has 6 heteroatoms. The monoisotopic (exact) mass is 315 g/mol. The zero-order valence-electron chi connectivity index (χ0n) is 12.8. The van der Waals surface area contributed by atoms with E-state index >= 15 is 0 Å². The van der Waals surface area contributed by atoms with Crippen molar-refractivity contribution in [3.8, 4) is 0 Å². The van der Waals surface area contributed by atoms with Crippen molar-refractivity contribution < 1.29 is 0 Å². The van der Waals surface area contributed by atoms with Gasteiger partial charge in [-0.3, -0.25) is 9.88 Å². The number of rotatable bonds is 4. The number of nitrogens with zero attached hydrogens (tertiary/aromatic N) is 5. The number of hydrogen-bond acceptors (Lipinski definition) is 6. The Morgan fingerprint density at radius 2 is 2.18 bits per heavy atom. The lowest BCUT2D eigenvalue weighted by Crippen LogP contribution is -2.38. The van der Waals surface area contributed by atoms with Gasteiger partial charge < -0.3 is 4.90 Å². The zero-order valence-corrected chi connectivity index (χ0v) is 13.6. The Morgan fingerprint density at radius 1 is 1.23 bits per heavy atom. The van der Waals surface area contributed by atoms with E-state index < -0.39 is 0 Å². The van der Waals surface area contributed by atoms with Crippen LogP contribution in [0.5, 0.6) is 0 Å². The average molecular weight is 315 g/mol. The van der Waals surface area contributed by atoms with Gasteiger partial charge in [-0.1, -0.05) is 0 Å². The molecule has 1 aliphatic heterocycles. The fourth-order valence-corrected chi connectivity index (χ4v) is 4.76. The van der Waals surface area contributed by atoms with E-state index in [0.717, 1.165) is 24.2 Å². The molecule has 116 valence electrons. The summed E-state index contributed by atoms with van der Waals surface area (Å²) in [5.41, 5.74) is 0. The Bertz CT molecular complexity index is 602. The standard InChI is InChI=1S/C16H21N5S/c1-20(15-8-17-4-5-18-15)14-3-2-12-9-21(10-13(12)14)11-16-19-6-7-22-16/h4-8,12-14H,2-3,9-11H2,1H3/t12-,13+,14-/m1/s1. The van der Waals surface area contributed by atoms with Crippen LogP contribution in [0, 0.1) is 11.8 Å². The predicted octanol–water partition coefficient (Wildman–Crippen LogP) is 2.28. The number of aromatic nitrogens is 3. The van der Waals surface area contributed by atoms with E-state index in [1.54, 1.807) is 23.7 Å². The molecule has 0 bridgehead atoms. The molecule has 5 nitrogen and oxygen atoms in total. The SMILES string of the molecule is CN(c1cnccn1)[C@@H]1CC[C@@H]2CN(Cc3nccs3)C[C@@H]21. The van der Waals surface area contributed by atoms with E-state index in [-0.39, 0.29) is 0 Å². The molecular weight excluding hydrogens is 294 g/mol. The van der Waals surface area contributed by atoms with Crippen molar-refractivity contribution in [2.24, 2.45) is 11.8 Å². The molecule has 2 aromatic rings. The third-order valence-corrected chi connectivity index (χ3v) is 5.91. The van der Waals surface area contributed by atoms with E-state index in [1.807, 2.05) is 12.4 Å². The molecule has 2 aromatic heterocycles. The molecule has 0 amide bonds. The van der Waals surface area contributed by atoms with Crippen LogP contribution in [0.25, 0.3) is 0 Å². The third kappa shape index (κ3) is 2.61. The molecule has 1 saturated heterocycles. The van der Waals surface area contributed by atoms with Crippen molar-refractivity contribution in [2.45, 2.75) is 25.4 Å². The topological polar surface area (TPSA) is 45.2 Å². The van der Waals surface area contributed by atoms with Gasteiger partial charge in [-0.05, 0) is 24.7 Å². The van der Waals surface area contributed by atoms with Crippen LogP contribution in [-0.4, -0.2) is 46.0 Å². The first-order chi connectivity index (χ1) is 10.8. The molecule has 0 spiro atoms. The molecule has 4 rings (SSSR count). The Balaban J connectivity index is 1.44. The lowest BCUT2D eigenvalue weighted by atomic mass is 9.97. The van der Waals surface area contributed by atoms with Gasteiger partial charge in [0.25, 0.3) is 0 Å². The van der Waals surface area contributed by atoms with Gasteiger partial charge in [0, 0.05) is 50.1 Å². The Hall–Kier alpha value is -1.53. The Kier molecular flexibility index (Phi) is 3.80. The lowest BCUT2D eigenvalue weighted by molar-refractivity contribution is 0.296. The van der Waals surface area contributed by atoms with E-state index in [0.29, 0.717) is 6.04 Å². The van der Waals surface area contributed by atoms with Crippen LogP contribution in [0.2, 0.25) is 0 Å². The van der Waals surface area contributed by atoms with Gasteiger partial charge in [0.15, 0.2) is 0 Å². The molecule has 0 radical (unpaired) electrons. The average Bonchev–Trinajstić information content (AvgIpc) is 3.25. The van der Waals surface area contributed by atoms with Gasteiger partial charge in [0.2, 0.25) is 0 Å². The largest absolute Gasteiger partial charge is 0.355 e. The van der Waals surface area contributed by atoms with Gasteiger partial charge >= 0.3 is 0 Å². The van der Waals surface area contributed by atoms with Crippen LogP contribution in [0.4, 0.5) is 5.82 Å². The van der Waals surface area contributed by atoms with Crippen LogP contribution in [0.1, 0.15) is 17.8 Å². The minimum absolute atomic E-state index is 0.586. The number of anilines is 1. The van der Waals surface area contributed by atoms with E-state index in [2.05, 4.69) is 37.2 Å². The highest BCUT2D eigenvalue weighted by atomic mass is 32.1. The van der Waals surface area contributed by atoms with Crippen LogP contribution < -0.4 is 4.90 Å². The van der Waals surface area contributed by atoms with Crippen molar-refractivity contribution in [1.29, 1.82) is 0 Å². The molecule has 0 unspecified atom stereocenters. The first-order valence-electron chi connectivity index (χ1n) is 7.91. The van der Waals surface area contributed by atoms with Crippen LogP contribution >= 0.6 is 11.3 Å². The quantitative estimate of drug-likeness (QED) is 0.866. The van der Waals surface area contributed by atoms with Crippen molar-refractivity contribution in [3.05, 3.63) is 35.2 Å². The van der Waals surface area contributed by atoms with Crippen LogP contribution in [-0.2, 0) is 6.54 Å². The highest BCUT2D eigenvalue weighted by Crippen LogP contribution is 2.41. The molecule has 0 aromatic carbocycles. The maximum absolute atomic E-state index is 4.46. The summed E-state index contributed by atoms with van der Waals surface area (Å²) in [6.07, 6.45) is 9.89. The fourth-order valence-electron chi connectivity index (χ4n) is 4.10. The summed E-state index contributed by atoms with van der Waals surface area (Å²) in [4.78, 5) is 18.0. The Labute approximate surface area is 135 Å². The summed E-state index contributed by atoms with van der Waals surface area (Å²) in [6, 6.07) is 0.586. The fraction of sp³-hybridized carbons (Fsp3) is 0.562. The second kappa shape index (κ2) is 5.93. The number of hydrogen-bond donors (Lipinski definition) is 0. The predicted molar refractivity (Wildman–Crippen MR) is 87.8 cm³/mol. The molecule has 3 heterocycles. The molecule has 3 atom stereocenters. The van der Waals surface area contributed by atoms with Crippen LogP contribution in [0.15, 0.2) is 30.2 Å². The summed E-state index contributed by atoms with van der Waals surface area (Å²) in [5.74, 6) is 2.56. The number of fused-ring (bicyclic) bond motifs is 1. The molecular formula is C16H21N5S. The maximum atomic E-state index is 4.46. The molecule has 1 aliphatic carbocycles. The first kappa shape index (κ1) is 14.1.